The van der Waals surface area contributed by atoms with Crippen molar-refractivity contribution in [1.82, 2.24) is 4.90 Å². The van der Waals surface area contributed by atoms with Gasteiger partial charge in [0.2, 0.25) is 0 Å². The molecular formula is C17H26N2. The fourth-order valence-electron chi connectivity index (χ4n) is 3.42. The van der Waals surface area contributed by atoms with Gasteiger partial charge >= 0.3 is 0 Å². The molecule has 2 nitrogen and oxygen atoms in total. The average molecular weight is 258 g/mol. The van der Waals surface area contributed by atoms with E-state index in [2.05, 4.69) is 43.0 Å². The molecule has 1 aromatic rings. The molecule has 2 N–H and O–H groups in total. The molecule has 1 aromatic carbocycles. The van der Waals surface area contributed by atoms with Gasteiger partial charge in [0.1, 0.15) is 0 Å². The summed E-state index contributed by atoms with van der Waals surface area (Å²) in [6.45, 7) is 5.73. The second-order valence-corrected chi connectivity index (χ2v) is 6.71. The van der Waals surface area contributed by atoms with Crippen molar-refractivity contribution in [1.29, 1.82) is 0 Å². The Morgan fingerprint density at radius 2 is 1.84 bits per heavy atom. The molecule has 2 heteroatoms. The van der Waals surface area contributed by atoms with E-state index in [9.17, 15) is 0 Å². The van der Waals surface area contributed by atoms with Gasteiger partial charge in [-0.3, -0.25) is 4.90 Å². The van der Waals surface area contributed by atoms with E-state index in [1.165, 1.54) is 36.9 Å². The molecule has 0 amide bonds. The van der Waals surface area contributed by atoms with E-state index in [-0.39, 0.29) is 0 Å². The standard InChI is InChI=1S/C17H26N2/c1-12(2)11-13-3-5-14(6-4-13)17-16(18)9-10-19(17)15-7-8-15/h3-6,12,15-17H,7-11,18H2,1-2H3. The third-order valence-electron chi connectivity index (χ3n) is 4.46. The molecule has 104 valence electrons. The molecule has 2 fully saturated rings. The van der Waals surface area contributed by atoms with Crippen molar-refractivity contribution in [2.75, 3.05) is 6.54 Å². The molecule has 0 radical (unpaired) electrons. The van der Waals surface area contributed by atoms with E-state index in [4.69, 9.17) is 5.73 Å². The van der Waals surface area contributed by atoms with Crippen molar-refractivity contribution in [3.8, 4) is 0 Å². The van der Waals surface area contributed by atoms with Crippen LogP contribution in [-0.2, 0) is 6.42 Å². The van der Waals surface area contributed by atoms with Gasteiger partial charge in [-0.2, -0.15) is 0 Å². The van der Waals surface area contributed by atoms with Gasteiger partial charge in [-0.15, -0.1) is 0 Å². The van der Waals surface area contributed by atoms with Gasteiger partial charge in [-0.25, -0.2) is 0 Å². The van der Waals surface area contributed by atoms with E-state index in [1.807, 2.05) is 0 Å². The van der Waals surface area contributed by atoms with Gasteiger partial charge in [0.15, 0.2) is 0 Å². The summed E-state index contributed by atoms with van der Waals surface area (Å²) in [6.07, 6.45) is 5.06. The molecule has 1 saturated carbocycles. The Morgan fingerprint density at radius 1 is 1.16 bits per heavy atom. The first-order valence-corrected chi connectivity index (χ1v) is 7.75. The molecule has 0 spiro atoms. The van der Waals surface area contributed by atoms with Crippen LogP contribution in [-0.4, -0.2) is 23.5 Å². The number of hydrogen-bond donors (Lipinski definition) is 1. The van der Waals surface area contributed by atoms with E-state index in [1.54, 1.807) is 0 Å². The summed E-state index contributed by atoms with van der Waals surface area (Å²) in [4.78, 5) is 2.64. The smallest absolute Gasteiger partial charge is 0.0502 e. The highest BCUT2D eigenvalue weighted by atomic mass is 15.2. The average Bonchev–Trinajstić information content (AvgIpc) is 3.14. The van der Waals surface area contributed by atoms with Crippen molar-refractivity contribution in [3.05, 3.63) is 35.4 Å². The van der Waals surface area contributed by atoms with Gasteiger partial charge in [0.05, 0.1) is 6.04 Å². The maximum atomic E-state index is 6.34. The third kappa shape index (κ3) is 2.85. The minimum atomic E-state index is 0.316. The minimum absolute atomic E-state index is 0.316. The SMILES string of the molecule is CC(C)Cc1ccc(C2C(N)CCN2C2CC2)cc1. The summed E-state index contributed by atoms with van der Waals surface area (Å²) in [7, 11) is 0. The lowest BCUT2D eigenvalue weighted by molar-refractivity contribution is 0.237. The predicted molar refractivity (Wildman–Crippen MR) is 80.0 cm³/mol. The lowest BCUT2D eigenvalue weighted by atomic mass is 9.96. The molecule has 1 heterocycles. The Bertz CT molecular complexity index is 419. The van der Waals surface area contributed by atoms with Crippen LogP contribution in [0.25, 0.3) is 0 Å². The molecule has 2 atom stereocenters. The molecule has 1 aliphatic heterocycles. The topological polar surface area (TPSA) is 29.3 Å². The summed E-state index contributed by atoms with van der Waals surface area (Å²) >= 11 is 0. The van der Waals surface area contributed by atoms with Gasteiger partial charge in [-0.05, 0) is 42.7 Å². The fourth-order valence-corrected chi connectivity index (χ4v) is 3.42. The summed E-state index contributed by atoms with van der Waals surface area (Å²) in [5.74, 6) is 0.725. The monoisotopic (exact) mass is 258 g/mol. The first kappa shape index (κ1) is 13.1. The van der Waals surface area contributed by atoms with Crippen LogP contribution in [0, 0.1) is 5.92 Å². The van der Waals surface area contributed by atoms with Gasteiger partial charge in [-0.1, -0.05) is 38.1 Å². The number of rotatable bonds is 4. The minimum Gasteiger partial charge on any atom is -0.326 e. The van der Waals surface area contributed by atoms with E-state index >= 15 is 0 Å². The maximum absolute atomic E-state index is 6.34. The molecule has 3 rings (SSSR count). The molecule has 0 aromatic heterocycles. The summed E-state index contributed by atoms with van der Waals surface area (Å²) in [6, 6.07) is 10.8. The van der Waals surface area contributed by atoms with Crippen LogP contribution in [0.1, 0.15) is 50.3 Å². The Kier molecular flexibility index (Phi) is 3.64. The van der Waals surface area contributed by atoms with Crippen molar-refractivity contribution in [2.45, 2.75) is 57.7 Å². The first-order valence-electron chi connectivity index (χ1n) is 7.75. The summed E-state index contributed by atoms with van der Waals surface area (Å²) in [5, 5.41) is 0. The van der Waals surface area contributed by atoms with Crippen molar-refractivity contribution in [3.63, 3.8) is 0 Å². The van der Waals surface area contributed by atoms with Crippen molar-refractivity contribution in [2.24, 2.45) is 11.7 Å². The number of nitrogens with zero attached hydrogens (tertiary/aromatic N) is 1. The van der Waals surface area contributed by atoms with Crippen LogP contribution < -0.4 is 5.73 Å². The van der Waals surface area contributed by atoms with Gasteiger partial charge < -0.3 is 5.73 Å². The maximum Gasteiger partial charge on any atom is 0.0502 e. The van der Waals surface area contributed by atoms with Crippen molar-refractivity contribution >= 4 is 0 Å². The number of nitrogens with two attached hydrogens (primary N) is 1. The predicted octanol–water partition coefficient (Wildman–Crippen LogP) is 3.12. The van der Waals surface area contributed by atoms with E-state index in [0.717, 1.165) is 18.4 Å². The Morgan fingerprint density at radius 3 is 2.42 bits per heavy atom. The zero-order valence-corrected chi connectivity index (χ0v) is 12.2. The molecule has 1 saturated heterocycles. The molecule has 19 heavy (non-hydrogen) atoms. The van der Waals surface area contributed by atoms with Crippen LogP contribution >= 0.6 is 0 Å². The molecule has 0 bridgehead atoms. The Balaban J connectivity index is 1.76. The number of likely N-dealkylation sites (tertiary alicyclic amines) is 1. The Labute approximate surface area is 117 Å². The number of benzene rings is 1. The normalized spacial score (nSPS) is 28.2. The highest BCUT2D eigenvalue weighted by Crippen LogP contribution is 2.40. The second kappa shape index (κ2) is 5.26. The fraction of sp³-hybridized carbons (Fsp3) is 0.647. The first-order chi connectivity index (χ1) is 9.15. The second-order valence-electron chi connectivity index (χ2n) is 6.71. The molecule has 2 aliphatic rings. The van der Waals surface area contributed by atoms with Crippen LogP contribution in [0.3, 0.4) is 0 Å². The zero-order chi connectivity index (χ0) is 13.4. The van der Waals surface area contributed by atoms with Crippen LogP contribution in [0.4, 0.5) is 0 Å². The summed E-state index contributed by atoms with van der Waals surface area (Å²) in [5.41, 5.74) is 9.21. The zero-order valence-electron chi connectivity index (χ0n) is 12.2. The van der Waals surface area contributed by atoms with E-state index in [0.29, 0.717) is 12.1 Å². The van der Waals surface area contributed by atoms with Crippen LogP contribution in [0.5, 0.6) is 0 Å². The number of hydrogen-bond acceptors (Lipinski definition) is 2. The highest BCUT2D eigenvalue weighted by molar-refractivity contribution is 5.28. The van der Waals surface area contributed by atoms with Crippen LogP contribution in [0.2, 0.25) is 0 Å². The molecular weight excluding hydrogens is 232 g/mol. The quantitative estimate of drug-likeness (QED) is 0.899. The van der Waals surface area contributed by atoms with Gasteiger partial charge in [0, 0.05) is 18.6 Å². The van der Waals surface area contributed by atoms with Crippen LogP contribution in [0.15, 0.2) is 24.3 Å². The third-order valence-corrected chi connectivity index (χ3v) is 4.46. The Hall–Kier alpha value is -0.860. The molecule has 1 aliphatic carbocycles. The largest absolute Gasteiger partial charge is 0.326 e. The lowest BCUT2D eigenvalue weighted by Gasteiger charge is -2.27. The highest BCUT2D eigenvalue weighted by Gasteiger charge is 2.41. The summed E-state index contributed by atoms with van der Waals surface area (Å²) < 4.78 is 0. The van der Waals surface area contributed by atoms with Gasteiger partial charge in [0.25, 0.3) is 0 Å². The molecule has 2 unspecified atom stereocenters. The lowest BCUT2D eigenvalue weighted by Crippen LogP contribution is -2.33. The van der Waals surface area contributed by atoms with Crippen molar-refractivity contribution < 1.29 is 0 Å². The van der Waals surface area contributed by atoms with E-state index < -0.39 is 0 Å².